The van der Waals surface area contributed by atoms with Gasteiger partial charge in [-0.2, -0.15) is 4.98 Å². The van der Waals surface area contributed by atoms with Crippen LogP contribution in [0.4, 0.5) is 10.7 Å². The SMILES string of the molecule is Nc1nc2c(ncn2C2CC(O)C(COCCOP(=O)([O-])C(=O)[O-])O2)c(=O)[nH]1. The molecule has 0 aliphatic carbocycles. The van der Waals surface area contributed by atoms with Crippen LogP contribution >= 0.6 is 7.60 Å². The van der Waals surface area contributed by atoms with E-state index in [4.69, 9.17) is 15.2 Å². The van der Waals surface area contributed by atoms with Crippen LogP contribution in [0, 0.1) is 0 Å². The third-order valence-electron chi connectivity index (χ3n) is 3.96. The molecule has 4 N–H and O–H groups in total. The number of nitrogens with two attached hydrogens (primary N) is 1. The first-order chi connectivity index (χ1) is 13.2. The zero-order chi connectivity index (χ0) is 20.5. The number of carbonyl (C=O) groups excluding carboxylic acids is 1. The van der Waals surface area contributed by atoms with Crippen molar-refractivity contribution in [3.63, 3.8) is 0 Å². The van der Waals surface area contributed by atoms with Crippen molar-refractivity contribution in [3.8, 4) is 0 Å². The summed E-state index contributed by atoms with van der Waals surface area (Å²) in [5.74, 6) is -0.0927. The van der Waals surface area contributed by atoms with Crippen LogP contribution in [0.5, 0.6) is 0 Å². The van der Waals surface area contributed by atoms with Crippen molar-refractivity contribution in [3.05, 3.63) is 16.7 Å². The van der Waals surface area contributed by atoms with E-state index in [9.17, 15) is 29.3 Å². The zero-order valence-electron chi connectivity index (χ0n) is 14.2. The lowest BCUT2D eigenvalue weighted by atomic mass is 10.2. The maximum atomic E-state index is 11.8. The van der Waals surface area contributed by atoms with E-state index in [0.717, 1.165) is 0 Å². The summed E-state index contributed by atoms with van der Waals surface area (Å²) < 4.78 is 27.4. The summed E-state index contributed by atoms with van der Waals surface area (Å²) in [5.41, 5.74) is 2.98. The van der Waals surface area contributed by atoms with Crippen LogP contribution in [0.25, 0.3) is 11.2 Å². The molecule has 4 atom stereocenters. The summed E-state index contributed by atoms with van der Waals surface area (Å²) in [4.78, 5) is 43.3. The lowest BCUT2D eigenvalue weighted by Gasteiger charge is -2.23. The maximum absolute atomic E-state index is 11.8. The summed E-state index contributed by atoms with van der Waals surface area (Å²) >= 11 is 0. The number of aromatic amines is 1. The van der Waals surface area contributed by atoms with Crippen molar-refractivity contribution in [1.82, 2.24) is 19.5 Å². The predicted octanol–water partition coefficient (Wildman–Crippen LogP) is -2.72. The molecule has 0 bridgehead atoms. The number of nitrogen functional groups attached to an aromatic ring is 1. The molecule has 3 rings (SSSR count). The highest BCUT2D eigenvalue weighted by Crippen LogP contribution is 2.35. The Morgan fingerprint density at radius 3 is 3.00 bits per heavy atom. The standard InChI is InChI=1S/C13H18N5O9P/c14-12-16-10-9(11(20)17-12)15-5-18(10)8-3-6(19)7(27-8)4-25-1-2-26-28(23,24)13(21)22/h5-8,19H,1-4H2,(H,21,22)(H,23,24)(H3,14,16,17,20)/p-2. The summed E-state index contributed by atoms with van der Waals surface area (Å²) in [6.07, 6.45) is -0.866. The van der Waals surface area contributed by atoms with Crippen LogP contribution in [0.1, 0.15) is 12.6 Å². The van der Waals surface area contributed by atoms with Crippen LogP contribution in [0.3, 0.4) is 0 Å². The Hall–Kier alpha value is -2.35. The Morgan fingerprint density at radius 2 is 2.29 bits per heavy atom. The molecule has 14 nitrogen and oxygen atoms in total. The van der Waals surface area contributed by atoms with E-state index in [0.29, 0.717) is 0 Å². The van der Waals surface area contributed by atoms with Gasteiger partial charge in [-0.05, 0) is 0 Å². The highest BCUT2D eigenvalue weighted by Gasteiger charge is 2.36. The van der Waals surface area contributed by atoms with E-state index in [-0.39, 0.29) is 36.7 Å². The average Bonchev–Trinajstić information content (AvgIpc) is 3.18. The van der Waals surface area contributed by atoms with Gasteiger partial charge in [-0.1, -0.05) is 0 Å². The van der Waals surface area contributed by atoms with Gasteiger partial charge in [0.2, 0.25) is 5.95 Å². The molecular weight excluding hydrogens is 401 g/mol. The van der Waals surface area contributed by atoms with Gasteiger partial charge in [-0.3, -0.25) is 14.3 Å². The van der Waals surface area contributed by atoms with E-state index >= 15 is 0 Å². The third-order valence-corrected chi connectivity index (χ3v) is 4.93. The Morgan fingerprint density at radius 1 is 1.54 bits per heavy atom. The normalized spacial score (nSPS) is 24.4. The van der Waals surface area contributed by atoms with Crippen molar-refractivity contribution in [1.29, 1.82) is 0 Å². The molecule has 1 aliphatic rings. The first-order valence-electron chi connectivity index (χ1n) is 8.00. The number of hydrogen-bond acceptors (Lipinski definition) is 12. The zero-order valence-corrected chi connectivity index (χ0v) is 15.1. The number of carboxylic acid groups (broad SMARTS) is 1. The molecule has 2 aromatic heterocycles. The third kappa shape index (κ3) is 4.22. The number of H-pyrrole nitrogens is 1. The number of nitrogens with one attached hydrogen (secondary N) is 1. The first kappa shape index (κ1) is 20.4. The number of anilines is 1. The predicted molar refractivity (Wildman–Crippen MR) is 86.9 cm³/mol. The summed E-state index contributed by atoms with van der Waals surface area (Å²) in [6, 6.07) is 0. The minimum Gasteiger partial charge on any atom is -0.774 e. The molecule has 4 unspecified atom stereocenters. The van der Waals surface area contributed by atoms with Crippen LogP contribution in [-0.2, 0) is 18.6 Å². The maximum Gasteiger partial charge on any atom is 0.280 e. The molecule has 2 aromatic rings. The van der Waals surface area contributed by atoms with E-state index in [2.05, 4.69) is 19.5 Å². The minimum atomic E-state index is -5.08. The van der Waals surface area contributed by atoms with E-state index in [1.807, 2.05) is 0 Å². The van der Waals surface area contributed by atoms with Gasteiger partial charge in [0.15, 0.2) is 18.8 Å². The fourth-order valence-electron chi connectivity index (χ4n) is 2.66. The Bertz CT molecular complexity index is 975. The second-order valence-electron chi connectivity index (χ2n) is 5.88. The molecule has 1 saturated heterocycles. The van der Waals surface area contributed by atoms with Crippen LogP contribution in [-0.4, -0.2) is 62.4 Å². The van der Waals surface area contributed by atoms with Gasteiger partial charge in [0, 0.05) is 6.42 Å². The molecular formula is C13H16N5O9P-2. The molecule has 1 fully saturated rings. The first-order valence-corrected chi connectivity index (χ1v) is 9.54. The van der Waals surface area contributed by atoms with E-state index in [1.54, 1.807) is 0 Å². The summed E-state index contributed by atoms with van der Waals surface area (Å²) in [5, 5.41) is 20.4. The van der Waals surface area contributed by atoms with Gasteiger partial charge in [-0.15, -0.1) is 0 Å². The fourth-order valence-corrected chi connectivity index (χ4v) is 3.08. The lowest BCUT2D eigenvalue weighted by Crippen LogP contribution is -2.29. The van der Waals surface area contributed by atoms with Gasteiger partial charge >= 0.3 is 0 Å². The van der Waals surface area contributed by atoms with Gasteiger partial charge in [0.25, 0.3) is 5.56 Å². The number of imidazole rings is 1. The largest absolute Gasteiger partial charge is 0.774 e. The Balaban J connectivity index is 1.56. The number of aliphatic hydroxyl groups is 1. The highest BCUT2D eigenvalue weighted by molar-refractivity contribution is 7.68. The molecule has 0 amide bonds. The molecule has 3 heterocycles. The topological polar surface area (TPSA) is 218 Å². The van der Waals surface area contributed by atoms with Crippen molar-refractivity contribution < 1.29 is 38.5 Å². The quantitative estimate of drug-likeness (QED) is 0.295. The number of fused-ring (bicyclic) bond motifs is 1. The van der Waals surface area contributed by atoms with Gasteiger partial charge in [0.1, 0.15) is 18.0 Å². The number of hydrogen-bond donors (Lipinski definition) is 3. The van der Waals surface area contributed by atoms with E-state index < -0.39 is 43.9 Å². The number of nitrogens with zero attached hydrogens (tertiary/aromatic N) is 3. The number of aromatic nitrogens is 4. The molecule has 0 aromatic carbocycles. The molecule has 154 valence electrons. The van der Waals surface area contributed by atoms with Gasteiger partial charge in [-0.25, -0.2) is 4.98 Å². The summed E-state index contributed by atoms with van der Waals surface area (Å²) in [7, 11) is -5.08. The molecule has 0 spiro atoms. The number of rotatable bonds is 8. The minimum absolute atomic E-state index is 0.0686. The van der Waals surface area contributed by atoms with Gasteiger partial charge < -0.3 is 44.2 Å². The lowest BCUT2D eigenvalue weighted by molar-refractivity contribution is -0.257. The van der Waals surface area contributed by atoms with E-state index in [1.165, 1.54) is 10.9 Å². The second-order valence-corrected chi connectivity index (χ2v) is 7.50. The monoisotopic (exact) mass is 417 g/mol. The fraction of sp³-hybridized carbons (Fsp3) is 0.538. The van der Waals surface area contributed by atoms with Crippen LogP contribution < -0.4 is 21.3 Å². The molecule has 28 heavy (non-hydrogen) atoms. The molecule has 0 saturated carbocycles. The number of ether oxygens (including phenoxy) is 2. The van der Waals surface area contributed by atoms with Crippen molar-refractivity contribution in [2.75, 3.05) is 25.6 Å². The van der Waals surface area contributed by atoms with Crippen LogP contribution in [0.2, 0.25) is 0 Å². The Labute approximate surface area is 156 Å². The van der Waals surface area contributed by atoms with Crippen molar-refractivity contribution in [2.45, 2.75) is 24.9 Å². The molecule has 0 radical (unpaired) electrons. The molecule has 15 heteroatoms. The summed E-state index contributed by atoms with van der Waals surface area (Å²) in [6.45, 7) is -0.893. The van der Waals surface area contributed by atoms with Crippen LogP contribution in [0.15, 0.2) is 11.1 Å². The number of carbonyl (C=O) groups is 1. The molecule has 1 aliphatic heterocycles. The van der Waals surface area contributed by atoms with Gasteiger partial charge in [0.05, 0.1) is 32.3 Å². The highest BCUT2D eigenvalue weighted by atomic mass is 31.2. The second kappa shape index (κ2) is 7.95. The van der Waals surface area contributed by atoms with Crippen molar-refractivity contribution in [2.24, 2.45) is 0 Å². The Kier molecular flexibility index (Phi) is 5.79. The number of aliphatic hydroxyl groups excluding tert-OH is 1. The van der Waals surface area contributed by atoms with Crippen molar-refractivity contribution >= 4 is 30.4 Å². The average molecular weight is 417 g/mol. The smallest absolute Gasteiger partial charge is 0.280 e.